The van der Waals surface area contributed by atoms with Crippen LogP contribution in [-0.4, -0.2) is 55.7 Å². The largest absolute Gasteiger partial charge is 0.325 e. The molecule has 2 atom stereocenters. The molecule has 2 aliphatic carbocycles. The van der Waals surface area contributed by atoms with Crippen LogP contribution in [0.1, 0.15) is 54.9 Å². The summed E-state index contributed by atoms with van der Waals surface area (Å²) in [7, 11) is 0. The van der Waals surface area contributed by atoms with Crippen LogP contribution in [0.25, 0.3) is 0 Å². The molecule has 0 unspecified atom stereocenters. The van der Waals surface area contributed by atoms with Gasteiger partial charge in [-0.25, -0.2) is 4.98 Å². The van der Waals surface area contributed by atoms with E-state index in [9.17, 15) is 14.4 Å². The zero-order valence-electron chi connectivity index (χ0n) is 23.7. The number of alkyl halides is 1. The molecule has 42 heavy (non-hydrogen) atoms. The lowest BCUT2D eigenvalue weighted by Gasteiger charge is -2.56. The second kappa shape index (κ2) is 10.2. The maximum Gasteiger partial charge on any atom is 0.244 e. The molecule has 3 aromatic rings. The van der Waals surface area contributed by atoms with Crippen LogP contribution in [0.5, 0.6) is 0 Å². The standard InChI is InChI=1S/C33H34IN5O3/c1-31(24-8-3-2-4-9-24)20-38(21-34)33(13-5-6-14-33)30(42)39(31)19-27(40)36-25-12-11-22-17-32(18-23(22)16-25)26-10-7-15-35-28(26)37-29(32)41/h2-4,7-12,15-16H,5-6,13-14,17-21H2,1H3,(H,36,40)(H,35,37,41)/t31-,32+/m0/s1. The Morgan fingerprint density at radius 3 is 2.55 bits per heavy atom. The molecule has 1 aromatic heterocycles. The second-order valence-electron chi connectivity index (χ2n) is 12.4. The molecule has 9 heteroatoms. The number of hydrogen-bond donors (Lipinski definition) is 2. The van der Waals surface area contributed by atoms with Crippen molar-refractivity contribution in [2.24, 2.45) is 0 Å². The molecule has 2 fully saturated rings. The van der Waals surface area contributed by atoms with Crippen LogP contribution in [0.3, 0.4) is 0 Å². The topological polar surface area (TPSA) is 94.6 Å². The molecule has 0 radical (unpaired) electrons. The molecule has 216 valence electrons. The van der Waals surface area contributed by atoms with Crippen LogP contribution in [0.2, 0.25) is 0 Å². The molecule has 2 aliphatic heterocycles. The molecular weight excluding hydrogens is 641 g/mol. The fraction of sp³-hybridized carbons (Fsp3) is 0.394. The lowest BCUT2D eigenvalue weighted by molar-refractivity contribution is -0.165. The van der Waals surface area contributed by atoms with Gasteiger partial charge in [-0.15, -0.1) is 0 Å². The van der Waals surface area contributed by atoms with Crippen LogP contribution in [0.15, 0.2) is 66.9 Å². The van der Waals surface area contributed by atoms with E-state index < -0.39 is 16.5 Å². The van der Waals surface area contributed by atoms with Crippen molar-refractivity contribution in [2.75, 3.05) is 28.3 Å². The van der Waals surface area contributed by atoms with Crippen molar-refractivity contribution in [3.63, 3.8) is 0 Å². The van der Waals surface area contributed by atoms with Gasteiger partial charge in [0, 0.05) is 24.0 Å². The van der Waals surface area contributed by atoms with Crippen molar-refractivity contribution in [3.8, 4) is 0 Å². The number of nitrogens with zero attached hydrogens (tertiary/aromatic N) is 3. The van der Waals surface area contributed by atoms with Crippen LogP contribution in [0, 0.1) is 0 Å². The van der Waals surface area contributed by atoms with Gasteiger partial charge >= 0.3 is 0 Å². The van der Waals surface area contributed by atoms with Gasteiger partial charge < -0.3 is 15.5 Å². The first kappa shape index (κ1) is 27.5. The van der Waals surface area contributed by atoms with Crippen molar-refractivity contribution < 1.29 is 14.4 Å². The minimum atomic E-state index is -0.660. The Hall–Kier alpha value is -3.31. The predicted molar refractivity (Wildman–Crippen MR) is 169 cm³/mol. The summed E-state index contributed by atoms with van der Waals surface area (Å²) in [6.07, 6.45) is 6.56. The summed E-state index contributed by atoms with van der Waals surface area (Å²) in [4.78, 5) is 49.7. The zero-order valence-corrected chi connectivity index (χ0v) is 25.8. The number of carbonyl (C=O) groups is 3. The summed E-state index contributed by atoms with van der Waals surface area (Å²) in [5.41, 5.74) is 2.95. The van der Waals surface area contributed by atoms with Gasteiger partial charge in [-0.2, -0.15) is 0 Å². The molecule has 7 rings (SSSR count). The Kier molecular flexibility index (Phi) is 6.65. The van der Waals surface area contributed by atoms with Crippen molar-refractivity contribution in [2.45, 2.75) is 61.9 Å². The van der Waals surface area contributed by atoms with Gasteiger partial charge in [0.25, 0.3) is 0 Å². The highest BCUT2D eigenvalue weighted by molar-refractivity contribution is 14.1. The molecule has 2 N–H and O–H groups in total. The lowest BCUT2D eigenvalue weighted by Crippen LogP contribution is -2.71. The molecule has 3 amide bonds. The number of halogens is 1. The molecule has 0 bridgehead atoms. The van der Waals surface area contributed by atoms with Crippen molar-refractivity contribution in [1.82, 2.24) is 14.8 Å². The monoisotopic (exact) mass is 675 g/mol. The molecule has 1 saturated heterocycles. The Bertz CT molecular complexity index is 1590. The maximum atomic E-state index is 14.4. The summed E-state index contributed by atoms with van der Waals surface area (Å²) in [5, 5.41) is 6.03. The van der Waals surface area contributed by atoms with Crippen LogP contribution in [-0.2, 0) is 38.2 Å². The lowest BCUT2D eigenvalue weighted by atomic mass is 9.79. The van der Waals surface area contributed by atoms with E-state index in [0.29, 0.717) is 30.9 Å². The number of amides is 3. The average Bonchev–Trinajstić information content (AvgIpc) is 3.71. The number of pyridine rings is 1. The number of fused-ring (bicyclic) bond motifs is 3. The quantitative estimate of drug-likeness (QED) is 0.231. The highest BCUT2D eigenvalue weighted by Crippen LogP contribution is 2.48. The van der Waals surface area contributed by atoms with Gasteiger partial charge in [0.2, 0.25) is 17.7 Å². The first-order chi connectivity index (χ1) is 20.3. The Morgan fingerprint density at radius 2 is 1.79 bits per heavy atom. The van der Waals surface area contributed by atoms with E-state index in [-0.39, 0.29) is 24.3 Å². The van der Waals surface area contributed by atoms with E-state index in [4.69, 9.17) is 0 Å². The minimum Gasteiger partial charge on any atom is -0.325 e. The third kappa shape index (κ3) is 4.11. The van der Waals surface area contributed by atoms with Crippen LogP contribution >= 0.6 is 22.6 Å². The number of benzene rings is 2. The normalized spacial score (nSPS) is 26.0. The first-order valence-electron chi connectivity index (χ1n) is 14.7. The molecule has 1 saturated carbocycles. The Balaban J connectivity index is 1.15. The van der Waals surface area contributed by atoms with Gasteiger partial charge in [-0.1, -0.05) is 77.9 Å². The summed E-state index contributed by atoms with van der Waals surface area (Å²) in [5.74, 6) is 0.447. The van der Waals surface area contributed by atoms with Gasteiger partial charge in [0.15, 0.2) is 0 Å². The molecule has 3 heterocycles. The number of nitrogens with one attached hydrogen (secondary N) is 2. The van der Waals surface area contributed by atoms with Gasteiger partial charge in [0.05, 0.1) is 15.5 Å². The average molecular weight is 676 g/mol. The summed E-state index contributed by atoms with van der Waals surface area (Å²) in [6.45, 7) is 2.74. The van der Waals surface area contributed by atoms with Crippen molar-refractivity contribution in [1.29, 1.82) is 0 Å². The van der Waals surface area contributed by atoms with Crippen LogP contribution < -0.4 is 10.6 Å². The number of rotatable bonds is 5. The molecule has 2 aromatic carbocycles. The fourth-order valence-corrected chi connectivity index (χ4v) is 8.74. The highest BCUT2D eigenvalue weighted by Gasteiger charge is 2.57. The molecule has 8 nitrogen and oxygen atoms in total. The highest BCUT2D eigenvalue weighted by atomic mass is 127. The summed E-state index contributed by atoms with van der Waals surface area (Å²) in [6, 6.07) is 19.8. The predicted octanol–water partition coefficient (Wildman–Crippen LogP) is 4.77. The fourth-order valence-electron chi connectivity index (χ4n) is 7.85. The molecular formula is C33H34IN5O3. The third-order valence-corrected chi connectivity index (χ3v) is 10.9. The van der Waals surface area contributed by atoms with Gasteiger partial charge in [-0.05, 0) is 67.5 Å². The minimum absolute atomic E-state index is 0.0243. The molecule has 4 aliphatic rings. The van der Waals surface area contributed by atoms with E-state index in [0.717, 1.165) is 52.5 Å². The van der Waals surface area contributed by atoms with E-state index in [1.165, 1.54) is 0 Å². The van der Waals surface area contributed by atoms with E-state index in [1.54, 1.807) is 6.20 Å². The van der Waals surface area contributed by atoms with Crippen molar-refractivity contribution >= 4 is 51.8 Å². The van der Waals surface area contributed by atoms with Crippen LogP contribution in [0.4, 0.5) is 11.5 Å². The smallest absolute Gasteiger partial charge is 0.244 e. The van der Waals surface area contributed by atoms with E-state index >= 15 is 0 Å². The Morgan fingerprint density at radius 1 is 1.02 bits per heavy atom. The van der Waals surface area contributed by atoms with E-state index in [1.807, 2.05) is 53.4 Å². The van der Waals surface area contributed by atoms with Gasteiger partial charge in [0.1, 0.15) is 17.9 Å². The first-order valence-corrected chi connectivity index (χ1v) is 16.2. The molecule has 2 spiro atoms. The number of carbonyl (C=O) groups excluding carboxylic acids is 3. The number of anilines is 2. The SMILES string of the molecule is C[C@@]1(c2ccccc2)CN(CI)C2(CCCC2)C(=O)N1CC(=O)Nc1ccc2c(c1)C[C@@]1(C2)C(=O)Nc2ncccc21. The summed E-state index contributed by atoms with van der Waals surface area (Å²) >= 11 is 2.37. The second-order valence-corrected chi connectivity index (χ2v) is 13.1. The van der Waals surface area contributed by atoms with Gasteiger partial charge in [-0.3, -0.25) is 19.3 Å². The maximum absolute atomic E-state index is 14.4. The third-order valence-electron chi connectivity index (χ3n) is 10.1. The van der Waals surface area contributed by atoms with E-state index in [2.05, 4.69) is 62.2 Å². The zero-order chi connectivity index (χ0) is 29.1. The number of hydrogen-bond acceptors (Lipinski definition) is 5. The number of piperazine rings is 1. The number of aromatic nitrogens is 1. The van der Waals surface area contributed by atoms with Crippen molar-refractivity contribution in [3.05, 3.63) is 89.1 Å². The summed E-state index contributed by atoms with van der Waals surface area (Å²) < 4.78 is 0.765. The Labute approximate surface area is 259 Å².